The van der Waals surface area contributed by atoms with Crippen molar-refractivity contribution in [2.75, 3.05) is 0 Å². The third kappa shape index (κ3) is 10.7. The van der Waals surface area contributed by atoms with Crippen LogP contribution in [0.3, 0.4) is 0 Å². The second kappa shape index (κ2) is 16.1. The molecule has 0 fully saturated rings. The van der Waals surface area contributed by atoms with Crippen molar-refractivity contribution in [3.63, 3.8) is 0 Å². The summed E-state index contributed by atoms with van der Waals surface area (Å²) in [6, 6.07) is 24.8. The van der Waals surface area contributed by atoms with Crippen molar-refractivity contribution in [2.24, 2.45) is 11.8 Å². The fourth-order valence-electron chi connectivity index (χ4n) is 5.25. The molecule has 5 rings (SSSR count). The molecule has 0 amide bonds. The Balaban J connectivity index is 0.000000355. The van der Waals surface area contributed by atoms with Crippen LogP contribution in [0.25, 0.3) is 21.5 Å². The molecule has 230 valence electrons. The van der Waals surface area contributed by atoms with E-state index in [4.69, 9.17) is 0 Å². The van der Waals surface area contributed by atoms with Crippen molar-refractivity contribution in [3.8, 4) is 0 Å². The molecule has 1 unspecified atom stereocenters. The maximum atomic E-state index is 3.37. The van der Waals surface area contributed by atoms with Crippen molar-refractivity contribution in [1.82, 2.24) is 0 Å². The van der Waals surface area contributed by atoms with E-state index in [1.165, 1.54) is 82.4 Å². The van der Waals surface area contributed by atoms with Crippen LogP contribution in [0.4, 0.5) is 0 Å². The Bertz CT molecular complexity index is 1500. The molecule has 0 saturated heterocycles. The van der Waals surface area contributed by atoms with Crippen LogP contribution in [-0.4, -0.2) is 3.21 Å². The number of rotatable bonds is 2. The van der Waals surface area contributed by atoms with Gasteiger partial charge in [0.05, 0.1) is 0 Å². The van der Waals surface area contributed by atoms with Gasteiger partial charge in [-0.1, -0.05) is 116 Å². The monoisotopic (exact) mass is 690 g/mol. The third-order valence-corrected chi connectivity index (χ3v) is 8.56. The van der Waals surface area contributed by atoms with Crippen LogP contribution in [0.2, 0.25) is 0 Å². The van der Waals surface area contributed by atoms with Crippen LogP contribution < -0.4 is 24.8 Å². The predicted octanol–water partition coefficient (Wildman–Crippen LogP) is 5.37. The van der Waals surface area contributed by atoms with Gasteiger partial charge in [-0.05, 0) is 10.8 Å². The average Bonchev–Trinajstić information content (AvgIpc) is 3.41. The zero-order chi connectivity index (χ0) is 30.7. The van der Waals surface area contributed by atoms with Gasteiger partial charge >= 0.3 is 76.7 Å². The average molecular weight is 693 g/mol. The Kier molecular flexibility index (Phi) is 14.7. The molecule has 4 aromatic carbocycles. The Labute approximate surface area is 290 Å². The second-order valence-corrected chi connectivity index (χ2v) is 15.9. The Hall–Kier alpha value is -1.66. The Morgan fingerprint density at radius 1 is 0.767 bits per heavy atom. The number of allylic oxidation sites excluding steroid dienone is 4. The van der Waals surface area contributed by atoms with E-state index in [-0.39, 0.29) is 35.6 Å². The van der Waals surface area contributed by atoms with E-state index in [2.05, 4.69) is 162 Å². The van der Waals surface area contributed by atoms with Crippen molar-refractivity contribution < 1.29 is 49.0 Å². The maximum Gasteiger partial charge on any atom is -1.00 e. The molecule has 0 N–H and O–H groups in total. The predicted molar refractivity (Wildman–Crippen MR) is 180 cm³/mol. The van der Waals surface area contributed by atoms with Crippen molar-refractivity contribution in [1.29, 1.82) is 0 Å². The van der Waals surface area contributed by atoms with Gasteiger partial charge in [0.2, 0.25) is 0 Å². The Morgan fingerprint density at radius 3 is 1.51 bits per heavy atom. The minimum atomic E-state index is 0. The summed E-state index contributed by atoms with van der Waals surface area (Å²) in [5, 5.41) is 5.48. The second-order valence-electron chi connectivity index (χ2n) is 14.1. The number of hydrogen-bond donors (Lipinski definition) is 0. The van der Waals surface area contributed by atoms with Gasteiger partial charge in [0.1, 0.15) is 0 Å². The van der Waals surface area contributed by atoms with Gasteiger partial charge < -0.3 is 24.8 Å². The quantitative estimate of drug-likeness (QED) is 0.248. The first-order valence-corrected chi connectivity index (χ1v) is 16.3. The van der Waals surface area contributed by atoms with Gasteiger partial charge in [-0.25, -0.2) is 5.57 Å². The summed E-state index contributed by atoms with van der Waals surface area (Å²) in [6.07, 6.45) is 5.68. The molecule has 1 aliphatic carbocycles. The normalized spacial score (nSPS) is 14.5. The van der Waals surface area contributed by atoms with Crippen LogP contribution in [-0.2, 0) is 35.1 Å². The fourth-order valence-corrected chi connectivity index (χ4v) is 5.65. The first-order valence-electron chi connectivity index (χ1n) is 15.1. The number of benzene rings is 3. The zero-order valence-corrected chi connectivity index (χ0v) is 32.3. The van der Waals surface area contributed by atoms with Gasteiger partial charge in [0, 0.05) is 0 Å². The minimum Gasteiger partial charge on any atom is -1.00 e. The minimum absolute atomic E-state index is 0. The Morgan fingerprint density at radius 2 is 1.21 bits per heavy atom. The summed E-state index contributed by atoms with van der Waals surface area (Å²) in [5.74, 6) is 1.20. The standard InChI is InChI=1S/C21H25.C10H15.C9H10.2ClH.Zr/c1-20(2,3)16-7-9-18-14(12-16)11-15-13-17(21(4,5)6)8-10-19(15)18;1-7(2)10-6-8(3)5-9(10)4;1-3-9-6-4-8(2)5-7-9;;;/h7-13H,1-6H3;6-8H,1-4H3;4-7H,1-2H3;2*1H;/q2*-1;;;;+2/p-2. The number of halogens is 2. The summed E-state index contributed by atoms with van der Waals surface area (Å²) in [6.45, 7) is 26.7. The molecule has 1 atom stereocenters. The van der Waals surface area contributed by atoms with E-state index in [1.807, 2.05) is 0 Å². The molecular weight excluding hydrogens is 643 g/mol. The number of hydrogen-bond acceptors (Lipinski definition) is 0. The van der Waals surface area contributed by atoms with E-state index in [0.29, 0.717) is 11.8 Å². The van der Waals surface area contributed by atoms with Crippen LogP contribution in [0.5, 0.6) is 0 Å². The van der Waals surface area contributed by atoms with Crippen LogP contribution in [0.15, 0.2) is 84.0 Å². The largest absolute Gasteiger partial charge is 1.00 e. The summed E-state index contributed by atoms with van der Waals surface area (Å²) >= 11 is 1.51. The van der Waals surface area contributed by atoms with Gasteiger partial charge in [-0.15, -0.1) is 39.7 Å². The van der Waals surface area contributed by atoms with Crippen LogP contribution >= 0.6 is 0 Å². The molecular formula is C40H50Cl2Zr-2. The van der Waals surface area contributed by atoms with Gasteiger partial charge in [-0.2, -0.15) is 11.6 Å². The van der Waals surface area contributed by atoms with Gasteiger partial charge in [-0.3, -0.25) is 6.08 Å². The summed E-state index contributed by atoms with van der Waals surface area (Å²) in [4.78, 5) is 0. The third-order valence-electron chi connectivity index (χ3n) is 7.85. The molecule has 3 heteroatoms. The SMILES string of the molecule is CC(C)(C)c1ccc2c(c1)[cH-]c1cc(C(C)(C)C)ccc12.CC1=[C-]C(C)C=C1C(C)C.C[C](=[Zr+2])c1ccc(C)cc1.[Cl-].[Cl-]. The summed E-state index contributed by atoms with van der Waals surface area (Å²) in [7, 11) is 0. The topological polar surface area (TPSA) is 0 Å². The molecule has 0 saturated carbocycles. The smallest absolute Gasteiger partial charge is 1.00 e. The van der Waals surface area contributed by atoms with Crippen LogP contribution in [0.1, 0.15) is 98.4 Å². The number of aryl methyl sites for hydroxylation is 1. The fraction of sp³-hybridized carbons (Fsp3) is 0.400. The van der Waals surface area contributed by atoms with Crippen molar-refractivity contribution >= 4 is 24.8 Å². The van der Waals surface area contributed by atoms with Gasteiger partial charge in [0.15, 0.2) is 0 Å². The van der Waals surface area contributed by atoms with E-state index in [9.17, 15) is 0 Å². The van der Waals surface area contributed by atoms with Crippen LogP contribution in [0, 0.1) is 24.8 Å². The molecule has 43 heavy (non-hydrogen) atoms. The number of fused-ring (bicyclic) bond motifs is 3. The molecule has 0 bridgehead atoms. The van der Waals surface area contributed by atoms with Crippen molar-refractivity contribution in [3.05, 3.63) is 112 Å². The van der Waals surface area contributed by atoms with Gasteiger partial charge in [0.25, 0.3) is 0 Å². The molecule has 1 aliphatic rings. The molecule has 0 aliphatic heterocycles. The first-order chi connectivity index (χ1) is 19.0. The zero-order valence-electron chi connectivity index (χ0n) is 28.3. The molecule has 0 heterocycles. The van der Waals surface area contributed by atoms with E-state index in [0.717, 1.165) is 0 Å². The first kappa shape index (κ1) is 39.4. The molecule has 0 aromatic heterocycles. The molecule has 0 nitrogen and oxygen atoms in total. The maximum absolute atomic E-state index is 3.37. The molecule has 4 aromatic rings. The molecule has 0 radical (unpaired) electrons. The van der Waals surface area contributed by atoms with E-state index < -0.39 is 0 Å². The van der Waals surface area contributed by atoms with Crippen molar-refractivity contribution in [2.45, 2.75) is 93.9 Å². The summed E-state index contributed by atoms with van der Waals surface area (Å²) in [5.41, 5.74) is 8.75. The van der Waals surface area contributed by atoms with E-state index >= 15 is 0 Å². The summed E-state index contributed by atoms with van der Waals surface area (Å²) < 4.78 is 1.46. The van der Waals surface area contributed by atoms with E-state index in [1.54, 1.807) is 0 Å². The molecule has 0 spiro atoms.